The van der Waals surface area contributed by atoms with Crippen LogP contribution in [0.25, 0.3) is 11.3 Å². The summed E-state index contributed by atoms with van der Waals surface area (Å²) in [6, 6.07) is 11.7. The maximum Gasteiger partial charge on any atom is 0.225 e. The summed E-state index contributed by atoms with van der Waals surface area (Å²) < 4.78 is 23.3. The fraction of sp³-hybridized carbons (Fsp3) is 0.412. The summed E-state index contributed by atoms with van der Waals surface area (Å²) in [5.74, 6) is 1.61. The molecule has 0 radical (unpaired) electrons. The van der Waals surface area contributed by atoms with Crippen molar-refractivity contribution in [2.45, 2.75) is 25.8 Å². The average molecular weight is 346 g/mol. The molecule has 24 heavy (non-hydrogen) atoms. The molecule has 128 valence electrons. The zero-order valence-electron chi connectivity index (χ0n) is 13.7. The van der Waals surface area contributed by atoms with E-state index >= 15 is 0 Å². The lowest BCUT2D eigenvalue weighted by molar-refractivity contribution is 0.602. The first-order valence-corrected chi connectivity index (χ1v) is 10.0. The Labute approximate surface area is 142 Å². The van der Waals surface area contributed by atoms with Gasteiger partial charge in [-0.15, -0.1) is 0 Å². The highest BCUT2D eigenvalue weighted by Crippen LogP contribution is 2.23. The average Bonchev–Trinajstić information content (AvgIpc) is 2.92. The van der Waals surface area contributed by atoms with E-state index in [9.17, 15) is 8.42 Å². The van der Waals surface area contributed by atoms with Crippen LogP contribution in [0.4, 0.5) is 11.8 Å². The van der Waals surface area contributed by atoms with E-state index in [-0.39, 0.29) is 17.5 Å². The van der Waals surface area contributed by atoms with Crippen LogP contribution in [0.5, 0.6) is 0 Å². The summed E-state index contributed by atoms with van der Waals surface area (Å²) in [6.45, 7) is 2.87. The third-order valence-corrected chi connectivity index (χ3v) is 5.68. The van der Waals surface area contributed by atoms with Gasteiger partial charge in [0.1, 0.15) is 5.82 Å². The molecule has 1 saturated heterocycles. The molecule has 2 aromatic rings. The van der Waals surface area contributed by atoms with Gasteiger partial charge in [0.2, 0.25) is 5.95 Å². The van der Waals surface area contributed by atoms with Gasteiger partial charge in [0.15, 0.2) is 9.84 Å². The fourth-order valence-corrected chi connectivity index (χ4v) is 4.39. The first kappa shape index (κ1) is 16.7. The summed E-state index contributed by atoms with van der Waals surface area (Å²) in [4.78, 5) is 9.04. The van der Waals surface area contributed by atoms with Gasteiger partial charge < -0.3 is 10.6 Å². The Morgan fingerprint density at radius 1 is 1.21 bits per heavy atom. The van der Waals surface area contributed by atoms with Gasteiger partial charge in [-0.25, -0.2) is 13.4 Å². The summed E-state index contributed by atoms with van der Waals surface area (Å²) in [5.41, 5.74) is 1.81. The number of aromatic nitrogens is 2. The van der Waals surface area contributed by atoms with Gasteiger partial charge in [0.25, 0.3) is 0 Å². The second-order valence-electron chi connectivity index (χ2n) is 6.00. The summed E-state index contributed by atoms with van der Waals surface area (Å²) in [7, 11) is -2.92. The molecule has 0 saturated carbocycles. The van der Waals surface area contributed by atoms with Crippen LogP contribution in [0.15, 0.2) is 36.4 Å². The molecule has 1 atom stereocenters. The maximum absolute atomic E-state index is 11.6. The van der Waals surface area contributed by atoms with Crippen molar-refractivity contribution in [3.05, 3.63) is 36.4 Å². The van der Waals surface area contributed by atoms with Gasteiger partial charge in [-0.1, -0.05) is 37.3 Å². The zero-order chi connectivity index (χ0) is 17.0. The molecule has 1 fully saturated rings. The molecule has 0 amide bonds. The minimum atomic E-state index is -2.92. The zero-order valence-corrected chi connectivity index (χ0v) is 14.5. The van der Waals surface area contributed by atoms with Crippen LogP contribution in [0.1, 0.15) is 19.8 Å². The topological polar surface area (TPSA) is 84.0 Å². The minimum absolute atomic E-state index is 0.0902. The van der Waals surface area contributed by atoms with Crippen LogP contribution in [0, 0.1) is 0 Å². The van der Waals surface area contributed by atoms with Gasteiger partial charge in [0, 0.05) is 24.2 Å². The Morgan fingerprint density at radius 2 is 2.00 bits per heavy atom. The quantitative estimate of drug-likeness (QED) is 0.836. The van der Waals surface area contributed by atoms with E-state index in [0.29, 0.717) is 18.2 Å². The number of nitrogens with one attached hydrogen (secondary N) is 2. The van der Waals surface area contributed by atoms with Gasteiger partial charge in [0.05, 0.1) is 17.2 Å². The summed E-state index contributed by atoms with van der Waals surface area (Å²) >= 11 is 0. The molecule has 1 aliphatic rings. The summed E-state index contributed by atoms with van der Waals surface area (Å²) in [6.07, 6.45) is 1.59. The highest BCUT2D eigenvalue weighted by molar-refractivity contribution is 7.91. The normalized spacial score (nSPS) is 19.1. The van der Waals surface area contributed by atoms with E-state index in [0.717, 1.165) is 24.2 Å². The van der Waals surface area contributed by atoms with E-state index in [1.54, 1.807) is 0 Å². The lowest BCUT2D eigenvalue weighted by Gasteiger charge is -2.14. The van der Waals surface area contributed by atoms with E-state index in [4.69, 9.17) is 0 Å². The number of hydrogen-bond acceptors (Lipinski definition) is 6. The molecule has 1 aliphatic heterocycles. The predicted molar refractivity (Wildman–Crippen MR) is 96.9 cm³/mol. The lowest BCUT2D eigenvalue weighted by atomic mass is 10.1. The Hall–Kier alpha value is -2.15. The van der Waals surface area contributed by atoms with Crippen LogP contribution in [0.3, 0.4) is 0 Å². The van der Waals surface area contributed by atoms with Crippen molar-refractivity contribution < 1.29 is 8.42 Å². The third kappa shape index (κ3) is 4.23. The van der Waals surface area contributed by atoms with Crippen LogP contribution in [-0.2, 0) is 9.84 Å². The van der Waals surface area contributed by atoms with Gasteiger partial charge in [-0.05, 0) is 12.8 Å². The third-order valence-electron chi connectivity index (χ3n) is 3.91. The van der Waals surface area contributed by atoms with E-state index in [1.807, 2.05) is 36.4 Å². The lowest BCUT2D eigenvalue weighted by Crippen LogP contribution is -2.21. The highest BCUT2D eigenvalue weighted by Gasteiger charge is 2.28. The predicted octanol–water partition coefficient (Wildman–Crippen LogP) is 2.56. The SMILES string of the molecule is CCCNc1nc(NC2CCS(=O)(=O)C2)cc(-c2ccccc2)n1. The first-order chi connectivity index (χ1) is 11.6. The Balaban J connectivity index is 1.87. The molecular formula is C17H22N4O2S. The first-order valence-electron chi connectivity index (χ1n) is 8.21. The molecule has 2 N–H and O–H groups in total. The number of sulfone groups is 1. The Morgan fingerprint density at radius 3 is 2.67 bits per heavy atom. The largest absolute Gasteiger partial charge is 0.366 e. The minimum Gasteiger partial charge on any atom is -0.366 e. The van der Waals surface area contributed by atoms with Gasteiger partial charge in [-0.2, -0.15) is 4.98 Å². The number of anilines is 2. The highest BCUT2D eigenvalue weighted by atomic mass is 32.2. The van der Waals surface area contributed by atoms with Crippen molar-refractivity contribution in [1.29, 1.82) is 0 Å². The number of rotatable bonds is 6. The molecule has 7 heteroatoms. The van der Waals surface area contributed by atoms with E-state index < -0.39 is 9.84 Å². The second-order valence-corrected chi connectivity index (χ2v) is 8.23. The monoisotopic (exact) mass is 346 g/mol. The van der Waals surface area contributed by atoms with Crippen molar-refractivity contribution in [3.8, 4) is 11.3 Å². The Bertz CT molecular complexity index is 793. The Kier molecular flexibility index (Phi) is 4.99. The van der Waals surface area contributed by atoms with Crippen molar-refractivity contribution in [2.24, 2.45) is 0 Å². The molecule has 1 aromatic carbocycles. The van der Waals surface area contributed by atoms with Crippen LogP contribution in [-0.4, -0.2) is 42.5 Å². The smallest absolute Gasteiger partial charge is 0.225 e. The van der Waals surface area contributed by atoms with Crippen LogP contribution < -0.4 is 10.6 Å². The molecule has 0 aliphatic carbocycles. The number of nitrogens with zero attached hydrogens (tertiary/aromatic N) is 2. The van der Waals surface area contributed by atoms with Gasteiger partial charge in [-0.3, -0.25) is 0 Å². The van der Waals surface area contributed by atoms with Gasteiger partial charge >= 0.3 is 0 Å². The molecule has 6 nitrogen and oxygen atoms in total. The van der Waals surface area contributed by atoms with Crippen LogP contribution in [0.2, 0.25) is 0 Å². The van der Waals surface area contributed by atoms with Crippen LogP contribution >= 0.6 is 0 Å². The molecule has 2 heterocycles. The maximum atomic E-state index is 11.6. The summed E-state index contributed by atoms with van der Waals surface area (Å²) in [5, 5.41) is 6.46. The fourth-order valence-electron chi connectivity index (χ4n) is 2.71. The molecule has 1 aromatic heterocycles. The molecule has 3 rings (SSSR count). The van der Waals surface area contributed by atoms with E-state index in [2.05, 4.69) is 27.5 Å². The second kappa shape index (κ2) is 7.17. The number of benzene rings is 1. The number of hydrogen-bond donors (Lipinski definition) is 2. The standard InChI is InChI=1S/C17H22N4O2S/c1-2-9-18-17-20-15(13-6-4-3-5-7-13)11-16(21-17)19-14-8-10-24(22,23)12-14/h3-7,11,14H,2,8-10,12H2,1H3,(H2,18,19,20,21). The molecule has 1 unspecified atom stereocenters. The van der Waals surface area contributed by atoms with Crippen molar-refractivity contribution in [2.75, 3.05) is 28.7 Å². The van der Waals surface area contributed by atoms with Crippen molar-refractivity contribution in [1.82, 2.24) is 9.97 Å². The van der Waals surface area contributed by atoms with E-state index in [1.165, 1.54) is 0 Å². The van der Waals surface area contributed by atoms with Crippen molar-refractivity contribution in [3.63, 3.8) is 0 Å². The molecule has 0 bridgehead atoms. The van der Waals surface area contributed by atoms with Crippen molar-refractivity contribution >= 4 is 21.6 Å². The molecule has 0 spiro atoms. The molecular weight excluding hydrogens is 324 g/mol.